The lowest BCUT2D eigenvalue weighted by molar-refractivity contribution is -0.122. The van der Waals surface area contributed by atoms with Crippen molar-refractivity contribution in [3.8, 4) is 0 Å². The Hall–Kier alpha value is -0.610. The molecule has 0 radical (unpaired) electrons. The molecule has 1 fully saturated rings. The van der Waals surface area contributed by atoms with Crippen molar-refractivity contribution >= 4 is 5.91 Å². The summed E-state index contributed by atoms with van der Waals surface area (Å²) in [4.78, 5) is 11.6. The number of hydrogen-bond donors (Lipinski definition) is 3. The van der Waals surface area contributed by atoms with Gasteiger partial charge in [-0.25, -0.2) is 0 Å². The zero-order chi connectivity index (χ0) is 12.0. The number of aliphatic hydroxyl groups excluding tert-OH is 1. The molecule has 0 bridgehead atoms. The first kappa shape index (κ1) is 13.5. The summed E-state index contributed by atoms with van der Waals surface area (Å²) >= 11 is 0. The Labute approximate surface area is 97.6 Å². The monoisotopic (exact) mass is 228 g/mol. The van der Waals surface area contributed by atoms with E-state index in [4.69, 9.17) is 10.8 Å². The van der Waals surface area contributed by atoms with Gasteiger partial charge in [-0.1, -0.05) is 12.8 Å². The summed E-state index contributed by atoms with van der Waals surface area (Å²) in [5.74, 6) is 0.0509. The fraction of sp³-hybridized carbons (Fsp3) is 0.917. The summed E-state index contributed by atoms with van der Waals surface area (Å²) in [7, 11) is 0. The van der Waals surface area contributed by atoms with Crippen molar-refractivity contribution < 1.29 is 9.90 Å². The normalized spacial score (nSPS) is 20.7. The molecule has 0 aromatic rings. The fourth-order valence-corrected chi connectivity index (χ4v) is 2.26. The van der Waals surface area contributed by atoms with Gasteiger partial charge in [-0.15, -0.1) is 0 Å². The highest BCUT2D eigenvalue weighted by Crippen LogP contribution is 2.29. The molecular formula is C12H24N2O2. The number of carbonyl (C=O) groups excluding carboxylic acids is 1. The van der Waals surface area contributed by atoms with Gasteiger partial charge in [-0.05, 0) is 32.6 Å². The van der Waals surface area contributed by atoms with Crippen molar-refractivity contribution in [1.82, 2.24) is 5.32 Å². The predicted octanol–water partition coefficient (Wildman–Crippen LogP) is 0.925. The van der Waals surface area contributed by atoms with Crippen LogP contribution in [-0.4, -0.2) is 29.2 Å². The molecule has 0 aromatic carbocycles. The van der Waals surface area contributed by atoms with E-state index in [2.05, 4.69) is 5.32 Å². The van der Waals surface area contributed by atoms with Crippen molar-refractivity contribution in [3.63, 3.8) is 0 Å². The number of nitrogens with one attached hydrogen (secondary N) is 1. The summed E-state index contributed by atoms with van der Waals surface area (Å²) < 4.78 is 0. The second kappa shape index (κ2) is 6.21. The van der Waals surface area contributed by atoms with E-state index in [1.165, 1.54) is 0 Å². The second-order valence-electron chi connectivity index (χ2n) is 5.09. The van der Waals surface area contributed by atoms with Gasteiger partial charge in [-0.3, -0.25) is 4.79 Å². The molecule has 0 aromatic heterocycles. The molecule has 0 heterocycles. The third kappa shape index (κ3) is 4.94. The highest BCUT2D eigenvalue weighted by molar-refractivity contribution is 5.77. The molecule has 1 atom stereocenters. The first-order valence-electron chi connectivity index (χ1n) is 6.25. The smallest absolute Gasteiger partial charge is 0.221 e. The van der Waals surface area contributed by atoms with Gasteiger partial charge in [0.05, 0.1) is 6.10 Å². The van der Waals surface area contributed by atoms with E-state index in [0.717, 1.165) is 38.5 Å². The molecule has 1 aliphatic rings. The van der Waals surface area contributed by atoms with Crippen LogP contribution < -0.4 is 11.1 Å². The molecule has 16 heavy (non-hydrogen) atoms. The highest BCUT2D eigenvalue weighted by Gasteiger charge is 2.31. The maximum Gasteiger partial charge on any atom is 0.221 e. The average Bonchev–Trinajstić information content (AvgIpc) is 2.59. The van der Waals surface area contributed by atoms with Crippen LogP contribution in [0.25, 0.3) is 0 Å². The predicted molar refractivity (Wildman–Crippen MR) is 63.9 cm³/mol. The van der Waals surface area contributed by atoms with Crippen LogP contribution >= 0.6 is 0 Å². The van der Waals surface area contributed by atoms with E-state index in [-0.39, 0.29) is 17.6 Å². The van der Waals surface area contributed by atoms with E-state index < -0.39 is 0 Å². The lowest BCUT2D eigenvalue weighted by atomic mass is 9.94. The number of aliphatic hydroxyl groups is 1. The van der Waals surface area contributed by atoms with Crippen molar-refractivity contribution in [2.75, 3.05) is 6.54 Å². The number of rotatable bonds is 6. The zero-order valence-corrected chi connectivity index (χ0v) is 10.2. The Balaban J connectivity index is 2.11. The Morgan fingerprint density at radius 3 is 2.69 bits per heavy atom. The van der Waals surface area contributed by atoms with Gasteiger partial charge in [0.25, 0.3) is 0 Å². The van der Waals surface area contributed by atoms with Crippen molar-refractivity contribution in [2.45, 2.75) is 63.5 Å². The summed E-state index contributed by atoms with van der Waals surface area (Å²) in [6, 6.07) is 0. The molecule has 94 valence electrons. The van der Waals surface area contributed by atoms with Crippen LogP contribution in [0.5, 0.6) is 0 Å². The lowest BCUT2D eigenvalue weighted by Crippen LogP contribution is -2.42. The molecular weight excluding hydrogens is 204 g/mol. The summed E-state index contributed by atoms with van der Waals surface area (Å²) in [6.45, 7) is 2.40. The maximum atomic E-state index is 11.6. The van der Waals surface area contributed by atoms with Crippen LogP contribution in [0.2, 0.25) is 0 Å². The van der Waals surface area contributed by atoms with Crippen LogP contribution in [0.1, 0.15) is 51.9 Å². The first-order valence-corrected chi connectivity index (χ1v) is 6.25. The summed E-state index contributed by atoms with van der Waals surface area (Å²) in [6.07, 6.45) is 5.93. The molecule has 1 aliphatic carbocycles. The Kier molecular flexibility index (Phi) is 5.22. The SMILES string of the molecule is CC(O)CCCNC(=O)CC1(N)CCCC1. The van der Waals surface area contributed by atoms with Crippen LogP contribution in [0, 0.1) is 0 Å². The third-order valence-corrected chi connectivity index (χ3v) is 3.23. The topological polar surface area (TPSA) is 75.3 Å². The molecule has 0 spiro atoms. The maximum absolute atomic E-state index is 11.6. The molecule has 1 saturated carbocycles. The molecule has 4 heteroatoms. The van der Waals surface area contributed by atoms with Crippen LogP contribution in [0.3, 0.4) is 0 Å². The van der Waals surface area contributed by atoms with Gasteiger partial charge in [0.2, 0.25) is 5.91 Å². The quantitative estimate of drug-likeness (QED) is 0.592. The van der Waals surface area contributed by atoms with Gasteiger partial charge in [0.15, 0.2) is 0 Å². The zero-order valence-electron chi connectivity index (χ0n) is 10.2. The minimum atomic E-state index is -0.285. The molecule has 0 aliphatic heterocycles. The first-order chi connectivity index (χ1) is 7.52. The number of hydrogen-bond acceptors (Lipinski definition) is 3. The van der Waals surface area contributed by atoms with Crippen LogP contribution in [0.4, 0.5) is 0 Å². The number of carbonyl (C=O) groups is 1. The Morgan fingerprint density at radius 2 is 2.12 bits per heavy atom. The molecule has 4 nitrogen and oxygen atoms in total. The largest absolute Gasteiger partial charge is 0.393 e. The van der Waals surface area contributed by atoms with Gasteiger partial charge < -0.3 is 16.2 Å². The van der Waals surface area contributed by atoms with E-state index >= 15 is 0 Å². The molecule has 1 rings (SSSR count). The summed E-state index contributed by atoms with van der Waals surface area (Å²) in [5.41, 5.74) is 5.86. The standard InChI is InChI=1S/C12H24N2O2/c1-10(15)5-4-8-14-11(16)9-12(13)6-2-3-7-12/h10,15H,2-9,13H2,1H3,(H,14,16). The van der Waals surface area contributed by atoms with Gasteiger partial charge in [0.1, 0.15) is 0 Å². The second-order valence-corrected chi connectivity index (χ2v) is 5.09. The van der Waals surface area contributed by atoms with Crippen molar-refractivity contribution in [3.05, 3.63) is 0 Å². The lowest BCUT2D eigenvalue weighted by Gasteiger charge is -2.22. The Bertz CT molecular complexity index is 223. The van der Waals surface area contributed by atoms with Crippen LogP contribution in [-0.2, 0) is 4.79 Å². The summed E-state index contributed by atoms with van der Waals surface area (Å²) in [5, 5.41) is 11.9. The fourth-order valence-electron chi connectivity index (χ4n) is 2.26. The van der Waals surface area contributed by atoms with Gasteiger partial charge in [-0.2, -0.15) is 0 Å². The van der Waals surface area contributed by atoms with Crippen LogP contribution in [0.15, 0.2) is 0 Å². The van der Waals surface area contributed by atoms with E-state index in [9.17, 15) is 4.79 Å². The minimum absolute atomic E-state index is 0.0509. The molecule has 4 N–H and O–H groups in total. The number of nitrogens with two attached hydrogens (primary N) is 1. The third-order valence-electron chi connectivity index (χ3n) is 3.23. The van der Waals surface area contributed by atoms with Crippen molar-refractivity contribution in [1.29, 1.82) is 0 Å². The van der Waals surface area contributed by atoms with Crippen molar-refractivity contribution in [2.24, 2.45) is 5.73 Å². The minimum Gasteiger partial charge on any atom is -0.393 e. The highest BCUT2D eigenvalue weighted by atomic mass is 16.3. The number of amides is 1. The average molecular weight is 228 g/mol. The molecule has 0 saturated heterocycles. The van der Waals surface area contributed by atoms with E-state index in [0.29, 0.717) is 13.0 Å². The molecule has 1 amide bonds. The Morgan fingerprint density at radius 1 is 1.50 bits per heavy atom. The van der Waals surface area contributed by atoms with E-state index in [1.54, 1.807) is 6.92 Å². The van der Waals surface area contributed by atoms with E-state index in [1.807, 2.05) is 0 Å². The van der Waals surface area contributed by atoms with Gasteiger partial charge >= 0.3 is 0 Å². The van der Waals surface area contributed by atoms with Gasteiger partial charge in [0, 0.05) is 18.5 Å². The molecule has 1 unspecified atom stereocenters.